The molecule has 0 bridgehead atoms. The van der Waals surface area contributed by atoms with Gasteiger partial charge in [0.15, 0.2) is 5.69 Å². The number of ether oxygens (including phenoxy) is 1. The Balaban J connectivity index is 2.04. The lowest BCUT2D eigenvalue weighted by Crippen LogP contribution is -2.00. The van der Waals surface area contributed by atoms with Crippen molar-refractivity contribution in [1.82, 2.24) is 4.98 Å². The summed E-state index contributed by atoms with van der Waals surface area (Å²) in [6, 6.07) is 7.69. The van der Waals surface area contributed by atoms with Gasteiger partial charge in [-0.25, -0.2) is 9.78 Å². The molecule has 2 aromatic rings. The maximum atomic E-state index is 10.9. The molecule has 1 aromatic carbocycles. The molecular weight excluding hydrogens is 250 g/mol. The van der Waals surface area contributed by atoms with Gasteiger partial charge in [0, 0.05) is 4.88 Å². The van der Waals surface area contributed by atoms with E-state index in [1.165, 1.54) is 16.9 Å². The first-order valence-electron chi connectivity index (χ1n) is 5.45. The minimum atomic E-state index is -0.995. The van der Waals surface area contributed by atoms with E-state index in [-0.39, 0.29) is 5.69 Å². The molecule has 2 rings (SSSR count). The molecule has 0 saturated heterocycles. The topological polar surface area (TPSA) is 59.4 Å². The Hall–Kier alpha value is -1.88. The van der Waals surface area contributed by atoms with Gasteiger partial charge < -0.3 is 9.84 Å². The highest BCUT2D eigenvalue weighted by Gasteiger charge is 2.14. The predicted octanol–water partition coefficient (Wildman–Crippen LogP) is 3.04. The first kappa shape index (κ1) is 12.6. The molecule has 0 saturated carbocycles. The van der Waals surface area contributed by atoms with E-state index in [1.807, 2.05) is 31.2 Å². The number of carboxylic acids is 1. The van der Waals surface area contributed by atoms with Gasteiger partial charge in [0.05, 0.1) is 0 Å². The summed E-state index contributed by atoms with van der Waals surface area (Å²) in [4.78, 5) is 15.6. The van der Waals surface area contributed by atoms with Crippen molar-refractivity contribution in [1.29, 1.82) is 0 Å². The van der Waals surface area contributed by atoms with E-state index < -0.39 is 5.97 Å². The lowest BCUT2D eigenvalue weighted by Gasteiger charge is -2.03. The Morgan fingerprint density at radius 1 is 1.33 bits per heavy atom. The molecule has 0 radical (unpaired) electrons. The van der Waals surface area contributed by atoms with Crippen LogP contribution in [0.1, 0.15) is 25.9 Å². The highest BCUT2D eigenvalue weighted by atomic mass is 32.1. The third-order valence-corrected chi connectivity index (χ3v) is 3.37. The number of hydrogen-bond acceptors (Lipinski definition) is 4. The van der Waals surface area contributed by atoms with E-state index in [2.05, 4.69) is 4.98 Å². The zero-order chi connectivity index (χ0) is 13.1. The van der Waals surface area contributed by atoms with Gasteiger partial charge in [0.25, 0.3) is 0 Å². The normalized spacial score (nSPS) is 10.3. The second kappa shape index (κ2) is 5.18. The van der Waals surface area contributed by atoms with Gasteiger partial charge in [-0.2, -0.15) is 0 Å². The molecule has 0 aliphatic heterocycles. The number of nitrogens with zero attached hydrogens (tertiary/aromatic N) is 1. The summed E-state index contributed by atoms with van der Waals surface area (Å²) < 4.78 is 5.55. The van der Waals surface area contributed by atoms with Crippen LogP contribution in [0.5, 0.6) is 5.75 Å². The number of carbonyl (C=O) groups is 1. The standard InChI is InChI=1S/C13H13NO3S/c1-8-3-5-10(6-4-8)17-7-11-14-12(13(15)16)9(2)18-11/h3-6H,7H2,1-2H3,(H,15,16). The van der Waals surface area contributed by atoms with Crippen molar-refractivity contribution in [2.45, 2.75) is 20.5 Å². The van der Waals surface area contributed by atoms with Gasteiger partial charge in [0.1, 0.15) is 17.4 Å². The average Bonchev–Trinajstić information content (AvgIpc) is 2.70. The fraction of sp³-hybridized carbons (Fsp3) is 0.231. The summed E-state index contributed by atoms with van der Waals surface area (Å²) in [5, 5.41) is 9.57. The van der Waals surface area contributed by atoms with Gasteiger partial charge in [-0.05, 0) is 26.0 Å². The quantitative estimate of drug-likeness (QED) is 0.921. The third-order valence-electron chi connectivity index (χ3n) is 2.43. The van der Waals surface area contributed by atoms with Gasteiger partial charge in [-0.1, -0.05) is 17.7 Å². The van der Waals surface area contributed by atoms with Crippen molar-refractivity contribution < 1.29 is 14.6 Å². The summed E-state index contributed by atoms with van der Waals surface area (Å²) in [6.45, 7) is 4.05. The van der Waals surface area contributed by atoms with Crippen LogP contribution in [0.15, 0.2) is 24.3 Å². The molecule has 1 heterocycles. The van der Waals surface area contributed by atoms with E-state index in [0.717, 1.165) is 5.75 Å². The average molecular weight is 263 g/mol. The zero-order valence-corrected chi connectivity index (χ0v) is 11.0. The van der Waals surface area contributed by atoms with E-state index in [1.54, 1.807) is 6.92 Å². The lowest BCUT2D eigenvalue weighted by molar-refractivity contribution is 0.0690. The van der Waals surface area contributed by atoms with Gasteiger partial charge in [-0.15, -0.1) is 11.3 Å². The Morgan fingerprint density at radius 2 is 2.00 bits per heavy atom. The molecule has 0 aliphatic rings. The molecule has 94 valence electrons. The number of benzene rings is 1. The van der Waals surface area contributed by atoms with E-state index in [0.29, 0.717) is 16.5 Å². The number of aromatic nitrogens is 1. The summed E-state index contributed by atoms with van der Waals surface area (Å²) in [5.74, 6) is -0.240. The van der Waals surface area contributed by atoms with Crippen LogP contribution < -0.4 is 4.74 Å². The molecule has 4 nitrogen and oxygen atoms in total. The minimum absolute atomic E-state index is 0.113. The smallest absolute Gasteiger partial charge is 0.355 e. The molecule has 1 N–H and O–H groups in total. The van der Waals surface area contributed by atoms with Crippen LogP contribution in [0.4, 0.5) is 0 Å². The third kappa shape index (κ3) is 2.87. The monoisotopic (exact) mass is 263 g/mol. The molecular formula is C13H13NO3S. The molecule has 0 unspecified atom stereocenters. The van der Waals surface area contributed by atoms with Crippen molar-refractivity contribution in [2.24, 2.45) is 0 Å². The predicted molar refractivity (Wildman–Crippen MR) is 69.3 cm³/mol. The van der Waals surface area contributed by atoms with Gasteiger partial charge in [-0.3, -0.25) is 0 Å². The largest absolute Gasteiger partial charge is 0.486 e. The Labute approximate surface area is 109 Å². The van der Waals surface area contributed by atoms with Crippen molar-refractivity contribution in [2.75, 3.05) is 0 Å². The van der Waals surface area contributed by atoms with Crippen LogP contribution in [0.3, 0.4) is 0 Å². The lowest BCUT2D eigenvalue weighted by atomic mass is 10.2. The van der Waals surface area contributed by atoms with Crippen molar-refractivity contribution in [3.63, 3.8) is 0 Å². The van der Waals surface area contributed by atoms with Crippen LogP contribution in [0.25, 0.3) is 0 Å². The van der Waals surface area contributed by atoms with E-state index >= 15 is 0 Å². The van der Waals surface area contributed by atoms with E-state index in [4.69, 9.17) is 9.84 Å². The maximum absolute atomic E-state index is 10.9. The van der Waals surface area contributed by atoms with Crippen molar-refractivity contribution >= 4 is 17.3 Å². The first-order valence-corrected chi connectivity index (χ1v) is 6.27. The molecule has 0 fully saturated rings. The number of carboxylic acid groups (broad SMARTS) is 1. The van der Waals surface area contributed by atoms with Gasteiger partial charge in [0.2, 0.25) is 0 Å². The SMILES string of the molecule is Cc1ccc(OCc2nc(C(=O)O)c(C)s2)cc1. The van der Waals surface area contributed by atoms with E-state index in [9.17, 15) is 4.79 Å². The summed E-state index contributed by atoms with van der Waals surface area (Å²) >= 11 is 1.35. The number of hydrogen-bond donors (Lipinski definition) is 1. The second-order valence-electron chi connectivity index (χ2n) is 3.92. The molecule has 0 spiro atoms. The second-order valence-corrected chi connectivity index (χ2v) is 5.21. The van der Waals surface area contributed by atoms with Crippen LogP contribution in [0, 0.1) is 13.8 Å². The van der Waals surface area contributed by atoms with Crippen LogP contribution in [0.2, 0.25) is 0 Å². The Bertz CT molecular complexity index is 560. The molecule has 18 heavy (non-hydrogen) atoms. The highest BCUT2D eigenvalue weighted by molar-refractivity contribution is 7.11. The molecule has 0 aliphatic carbocycles. The first-order chi connectivity index (χ1) is 8.56. The number of thiazole rings is 1. The fourth-order valence-electron chi connectivity index (χ4n) is 1.49. The van der Waals surface area contributed by atoms with Crippen LogP contribution >= 0.6 is 11.3 Å². The Kier molecular flexibility index (Phi) is 3.62. The molecule has 5 heteroatoms. The molecule has 1 aromatic heterocycles. The molecule has 0 atom stereocenters. The van der Waals surface area contributed by atoms with Crippen molar-refractivity contribution in [3.8, 4) is 5.75 Å². The molecule has 0 amide bonds. The summed E-state index contributed by atoms with van der Waals surface area (Å²) in [7, 11) is 0. The number of aromatic carboxylic acids is 1. The van der Waals surface area contributed by atoms with Crippen molar-refractivity contribution in [3.05, 3.63) is 45.4 Å². The number of aryl methyl sites for hydroxylation is 2. The van der Waals surface area contributed by atoms with Crippen LogP contribution in [-0.2, 0) is 6.61 Å². The minimum Gasteiger partial charge on any atom is -0.486 e. The fourth-order valence-corrected chi connectivity index (χ4v) is 2.33. The summed E-state index contributed by atoms with van der Waals surface area (Å²) in [5.41, 5.74) is 1.28. The van der Waals surface area contributed by atoms with Crippen LogP contribution in [-0.4, -0.2) is 16.1 Å². The Morgan fingerprint density at radius 3 is 2.56 bits per heavy atom. The zero-order valence-electron chi connectivity index (χ0n) is 10.1. The maximum Gasteiger partial charge on any atom is 0.355 e. The number of rotatable bonds is 4. The highest BCUT2D eigenvalue weighted by Crippen LogP contribution is 2.20. The summed E-state index contributed by atoms with van der Waals surface area (Å²) in [6.07, 6.45) is 0. The van der Waals surface area contributed by atoms with Gasteiger partial charge >= 0.3 is 5.97 Å².